The summed E-state index contributed by atoms with van der Waals surface area (Å²) in [6.45, 7) is 9.65. The molecule has 3 heteroatoms. The Balaban J connectivity index is 1.90. The van der Waals surface area contributed by atoms with E-state index in [0.717, 1.165) is 22.6 Å². The Labute approximate surface area is 166 Å². The Hall–Kier alpha value is -3.33. The van der Waals surface area contributed by atoms with Gasteiger partial charge in [0.25, 0.3) is 0 Å². The van der Waals surface area contributed by atoms with Gasteiger partial charge in [0, 0.05) is 22.6 Å². The first-order valence-electron chi connectivity index (χ1n) is 9.29. The van der Waals surface area contributed by atoms with Crippen LogP contribution in [0.3, 0.4) is 0 Å². The molecule has 0 saturated carbocycles. The molecule has 0 amide bonds. The molecule has 0 spiro atoms. The van der Waals surface area contributed by atoms with E-state index in [2.05, 4.69) is 73.9 Å². The highest BCUT2D eigenvalue weighted by atomic mass is 16.5. The monoisotopic (exact) mass is 371 g/mol. The lowest BCUT2D eigenvalue weighted by molar-refractivity contribution is -0.140. The summed E-state index contributed by atoms with van der Waals surface area (Å²) >= 11 is 0. The van der Waals surface area contributed by atoms with Crippen molar-refractivity contribution < 1.29 is 9.53 Å². The fourth-order valence-corrected chi connectivity index (χ4v) is 2.85. The number of carbonyl (C=O) groups excluding carboxylic acids is 1. The minimum atomic E-state index is -0.370. The number of rotatable bonds is 6. The lowest BCUT2D eigenvalue weighted by atomic mass is 10.1. The standard InChI is InChI=1S/C25H25NO2/c1-18(2)25(27)28-17-21-9-15-24(16-10-21)26(22-11-5-19(3)6-12-22)23-13-7-20(4)8-14-23/h5-16H,1,17H2,2-4H3. The normalized spacial score (nSPS) is 10.4. The molecule has 3 aromatic carbocycles. The number of aryl methyl sites for hydroxylation is 2. The van der Waals surface area contributed by atoms with Crippen LogP contribution in [0.25, 0.3) is 0 Å². The highest BCUT2D eigenvalue weighted by molar-refractivity contribution is 5.86. The van der Waals surface area contributed by atoms with Gasteiger partial charge >= 0.3 is 5.97 Å². The number of ether oxygens (including phenoxy) is 1. The third-order valence-electron chi connectivity index (χ3n) is 4.50. The maximum atomic E-state index is 11.6. The molecule has 0 N–H and O–H groups in total. The maximum Gasteiger partial charge on any atom is 0.333 e. The van der Waals surface area contributed by atoms with Gasteiger partial charge in [0.2, 0.25) is 0 Å². The Bertz CT molecular complexity index is 909. The van der Waals surface area contributed by atoms with E-state index in [1.54, 1.807) is 6.92 Å². The second-order valence-electron chi connectivity index (χ2n) is 7.03. The average molecular weight is 371 g/mol. The van der Waals surface area contributed by atoms with Crippen LogP contribution >= 0.6 is 0 Å². The van der Waals surface area contributed by atoms with Crippen LogP contribution in [0.2, 0.25) is 0 Å². The van der Waals surface area contributed by atoms with Crippen molar-refractivity contribution in [3.05, 3.63) is 102 Å². The first-order valence-corrected chi connectivity index (χ1v) is 9.29. The highest BCUT2D eigenvalue weighted by Gasteiger charge is 2.12. The number of nitrogens with zero attached hydrogens (tertiary/aromatic N) is 1. The van der Waals surface area contributed by atoms with E-state index in [0.29, 0.717) is 5.57 Å². The van der Waals surface area contributed by atoms with Crippen molar-refractivity contribution in [1.29, 1.82) is 0 Å². The van der Waals surface area contributed by atoms with Crippen LogP contribution in [-0.4, -0.2) is 5.97 Å². The zero-order valence-corrected chi connectivity index (χ0v) is 16.6. The Kier molecular flexibility index (Phi) is 5.95. The molecule has 0 aliphatic heterocycles. The molecule has 0 heterocycles. The highest BCUT2D eigenvalue weighted by Crippen LogP contribution is 2.34. The number of hydrogen-bond acceptors (Lipinski definition) is 3. The number of hydrogen-bond donors (Lipinski definition) is 0. The molecule has 0 aromatic heterocycles. The number of anilines is 3. The topological polar surface area (TPSA) is 29.5 Å². The van der Waals surface area contributed by atoms with Crippen molar-refractivity contribution in [3.63, 3.8) is 0 Å². The fraction of sp³-hybridized carbons (Fsp3) is 0.160. The van der Waals surface area contributed by atoms with Crippen LogP contribution in [0, 0.1) is 13.8 Å². The van der Waals surface area contributed by atoms with Gasteiger partial charge in [-0.3, -0.25) is 0 Å². The summed E-state index contributed by atoms with van der Waals surface area (Å²) in [7, 11) is 0. The second-order valence-corrected chi connectivity index (χ2v) is 7.03. The van der Waals surface area contributed by atoms with Crippen LogP contribution in [0.1, 0.15) is 23.6 Å². The summed E-state index contributed by atoms with van der Waals surface area (Å²) in [5.41, 5.74) is 7.02. The van der Waals surface area contributed by atoms with Crippen molar-refractivity contribution >= 4 is 23.0 Å². The van der Waals surface area contributed by atoms with Crippen LogP contribution in [0.5, 0.6) is 0 Å². The van der Waals surface area contributed by atoms with Gasteiger partial charge in [0.1, 0.15) is 6.61 Å². The van der Waals surface area contributed by atoms with Gasteiger partial charge in [-0.25, -0.2) is 4.79 Å². The Morgan fingerprint density at radius 3 is 1.57 bits per heavy atom. The number of esters is 1. The van der Waals surface area contributed by atoms with Crippen molar-refractivity contribution in [2.75, 3.05) is 4.90 Å². The molecular weight excluding hydrogens is 346 g/mol. The van der Waals surface area contributed by atoms with Crippen LogP contribution < -0.4 is 4.90 Å². The van der Waals surface area contributed by atoms with Crippen molar-refractivity contribution in [3.8, 4) is 0 Å². The van der Waals surface area contributed by atoms with E-state index in [-0.39, 0.29) is 12.6 Å². The van der Waals surface area contributed by atoms with Gasteiger partial charge in [-0.05, 0) is 62.7 Å². The predicted molar refractivity (Wildman–Crippen MR) is 115 cm³/mol. The van der Waals surface area contributed by atoms with E-state index >= 15 is 0 Å². The summed E-state index contributed by atoms with van der Waals surface area (Å²) in [4.78, 5) is 13.8. The first-order chi connectivity index (χ1) is 13.4. The maximum absolute atomic E-state index is 11.6. The van der Waals surface area contributed by atoms with Gasteiger partial charge in [-0.15, -0.1) is 0 Å². The van der Waals surface area contributed by atoms with Gasteiger partial charge in [-0.1, -0.05) is 54.1 Å². The summed E-state index contributed by atoms with van der Waals surface area (Å²) < 4.78 is 5.23. The summed E-state index contributed by atoms with van der Waals surface area (Å²) in [6.07, 6.45) is 0. The molecule has 0 aliphatic rings. The van der Waals surface area contributed by atoms with Gasteiger partial charge in [0.15, 0.2) is 0 Å². The van der Waals surface area contributed by atoms with Gasteiger partial charge in [-0.2, -0.15) is 0 Å². The second kappa shape index (κ2) is 8.57. The molecule has 0 bridgehead atoms. The fourth-order valence-electron chi connectivity index (χ4n) is 2.85. The molecule has 0 fully saturated rings. The van der Waals surface area contributed by atoms with E-state index in [1.165, 1.54) is 11.1 Å². The lowest BCUT2D eigenvalue weighted by Crippen LogP contribution is -2.10. The number of benzene rings is 3. The van der Waals surface area contributed by atoms with Crippen molar-refractivity contribution in [1.82, 2.24) is 0 Å². The summed E-state index contributed by atoms with van der Waals surface area (Å²) in [5.74, 6) is -0.370. The molecule has 3 aromatic rings. The van der Waals surface area contributed by atoms with Gasteiger partial charge in [0.05, 0.1) is 0 Å². The van der Waals surface area contributed by atoms with Crippen LogP contribution in [0.4, 0.5) is 17.1 Å². The van der Waals surface area contributed by atoms with E-state index in [1.807, 2.05) is 24.3 Å². The molecular formula is C25H25NO2. The van der Waals surface area contributed by atoms with E-state index in [4.69, 9.17) is 4.74 Å². The van der Waals surface area contributed by atoms with E-state index < -0.39 is 0 Å². The largest absolute Gasteiger partial charge is 0.457 e. The summed E-state index contributed by atoms with van der Waals surface area (Å²) in [6, 6.07) is 25.0. The molecule has 142 valence electrons. The molecule has 28 heavy (non-hydrogen) atoms. The smallest absolute Gasteiger partial charge is 0.333 e. The number of carbonyl (C=O) groups is 1. The van der Waals surface area contributed by atoms with Crippen molar-refractivity contribution in [2.45, 2.75) is 27.4 Å². The zero-order chi connectivity index (χ0) is 20.1. The summed E-state index contributed by atoms with van der Waals surface area (Å²) in [5, 5.41) is 0. The molecule has 0 radical (unpaired) electrons. The molecule has 0 unspecified atom stereocenters. The van der Waals surface area contributed by atoms with Crippen LogP contribution in [-0.2, 0) is 16.1 Å². The van der Waals surface area contributed by atoms with Gasteiger partial charge < -0.3 is 9.64 Å². The molecule has 0 saturated heterocycles. The minimum Gasteiger partial charge on any atom is -0.457 e. The minimum absolute atomic E-state index is 0.237. The zero-order valence-electron chi connectivity index (χ0n) is 16.6. The van der Waals surface area contributed by atoms with Crippen molar-refractivity contribution in [2.24, 2.45) is 0 Å². The Morgan fingerprint density at radius 2 is 1.18 bits per heavy atom. The first kappa shape index (κ1) is 19.4. The Morgan fingerprint density at radius 1 is 0.786 bits per heavy atom. The van der Waals surface area contributed by atoms with Crippen LogP contribution in [0.15, 0.2) is 84.9 Å². The molecule has 0 atom stereocenters. The van der Waals surface area contributed by atoms with E-state index in [9.17, 15) is 4.79 Å². The lowest BCUT2D eigenvalue weighted by Gasteiger charge is -2.26. The third-order valence-corrected chi connectivity index (χ3v) is 4.50. The quantitative estimate of drug-likeness (QED) is 0.371. The molecule has 3 nitrogen and oxygen atoms in total. The average Bonchev–Trinajstić information content (AvgIpc) is 2.70. The molecule has 0 aliphatic carbocycles. The SMILES string of the molecule is C=C(C)C(=O)OCc1ccc(N(c2ccc(C)cc2)c2ccc(C)cc2)cc1. The third kappa shape index (κ3) is 4.68. The predicted octanol–water partition coefficient (Wildman–Crippen LogP) is 6.39. The molecule has 3 rings (SSSR count).